The smallest absolute Gasteiger partial charge is 0.123 e. The van der Waals surface area contributed by atoms with E-state index in [1.54, 1.807) is 7.11 Å². The van der Waals surface area contributed by atoms with Crippen LogP contribution in [0.25, 0.3) is 22.2 Å². The van der Waals surface area contributed by atoms with Crippen molar-refractivity contribution in [2.75, 3.05) is 7.11 Å². The molecule has 0 unspecified atom stereocenters. The number of nitrogens with one attached hydrogen (secondary N) is 1. The highest BCUT2D eigenvalue weighted by Gasteiger charge is 2.14. The minimum Gasteiger partial charge on any atom is -0.496 e. The Labute approximate surface area is 134 Å². The lowest BCUT2D eigenvalue weighted by molar-refractivity contribution is 0.412. The Morgan fingerprint density at radius 1 is 1.32 bits per heavy atom. The molecule has 0 aliphatic carbocycles. The van der Waals surface area contributed by atoms with Gasteiger partial charge in [-0.15, -0.1) is 0 Å². The van der Waals surface area contributed by atoms with E-state index in [9.17, 15) is 0 Å². The third-order valence-corrected chi connectivity index (χ3v) is 4.16. The lowest BCUT2D eigenvalue weighted by Crippen LogP contribution is -1.94. The number of halogens is 1. The molecule has 1 aromatic carbocycles. The predicted octanol–water partition coefficient (Wildman–Crippen LogP) is 4.55. The van der Waals surface area contributed by atoms with E-state index in [1.807, 2.05) is 31.3 Å². The van der Waals surface area contributed by atoms with E-state index >= 15 is 0 Å². The molecule has 2 heterocycles. The van der Waals surface area contributed by atoms with Gasteiger partial charge in [-0.2, -0.15) is 5.10 Å². The van der Waals surface area contributed by atoms with Crippen LogP contribution in [0.15, 0.2) is 24.4 Å². The molecule has 0 aliphatic heterocycles. The van der Waals surface area contributed by atoms with Crippen molar-refractivity contribution in [3.63, 3.8) is 0 Å². The first-order valence-electron chi connectivity index (χ1n) is 7.32. The average molecular weight is 316 g/mol. The Morgan fingerprint density at radius 3 is 2.86 bits per heavy atom. The predicted molar refractivity (Wildman–Crippen MR) is 89.6 cm³/mol. The maximum atomic E-state index is 6.46. The van der Waals surface area contributed by atoms with Crippen LogP contribution in [0.1, 0.15) is 24.6 Å². The van der Waals surface area contributed by atoms with Crippen LogP contribution in [0.4, 0.5) is 0 Å². The topological polar surface area (TPSA) is 50.8 Å². The second kappa shape index (κ2) is 5.97. The number of hydrogen-bond acceptors (Lipinski definition) is 3. The number of methoxy groups -OCH3 is 1. The van der Waals surface area contributed by atoms with Crippen molar-refractivity contribution >= 4 is 22.5 Å². The number of fused-ring (bicyclic) bond motifs is 1. The van der Waals surface area contributed by atoms with Crippen molar-refractivity contribution < 1.29 is 4.74 Å². The van der Waals surface area contributed by atoms with Gasteiger partial charge in [0.25, 0.3) is 0 Å². The summed E-state index contributed by atoms with van der Waals surface area (Å²) in [5.41, 5.74) is 4.79. The van der Waals surface area contributed by atoms with E-state index in [0.29, 0.717) is 5.02 Å². The van der Waals surface area contributed by atoms with Crippen molar-refractivity contribution in [3.05, 3.63) is 40.7 Å². The summed E-state index contributed by atoms with van der Waals surface area (Å²) in [6, 6.07) is 5.77. The number of hydrogen-bond donors (Lipinski definition) is 1. The van der Waals surface area contributed by atoms with Crippen LogP contribution in [0.3, 0.4) is 0 Å². The van der Waals surface area contributed by atoms with Crippen molar-refractivity contribution in [2.24, 2.45) is 0 Å². The highest BCUT2D eigenvalue weighted by atomic mass is 35.5. The largest absolute Gasteiger partial charge is 0.496 e. The molecule has 0 atom stereocenters. The maximum Gasteiger partial charge on any atom is 0.123 e. The first-order chi connectivity index (χ1) is 10.7. The van der Waals surface area contributed by atoms with Gasteiger partial charge in [0.1, 0.15) is 5.75 Å². The number of pyridine rings is 1. The molecule has 0 bridgehead atoms. The quantitative estimate of drug-likeness (QED) is 0.768. The number of ether oxygens (including phenoxy) is 1. The molecule has 0 saturated carbocycles. The van der Waals surface area contributed by atoms with E-state index in [4.69, 9.17) is 21.3 Å². The molecule has 4 nitrogen and oxygen atoms in total. The summed E-state index contributed by atoms with van der Waals surface area (Å²) in [7, 11) is 1.66. The Balaban J connectivity index is 2.23. The minimum atomic E-state index is 0.689. The van der Waals surface area contributed by atoms with E-state index in [1.165, 1.54) is 0 Å². The molecule has 1 N–H and O–H groups in total. The zero-order chi connectivity index (χ0) is 15.7. The monoisotopic (exact) mass is 315 g/mol. The second-order valence-corrected chi connectivity index (χ2v) is 5.70. The van der Waals surface area contributed by atoms with Crippen LogP contribution in [0, 0.1) is 6.92 Å². The van der Waals surface area contributed by atoms with E-state index < -0.39 is 0 Å². The molecular formula is C17H18ClN3O. The van der Waals surface area contributed by atoms with E-state index in [-0.39, 0.29) is 0 Å². The van der Waals surface area contributed by atoms with Crippen molar-refractivity contribution in [3.8, 4) is 17.0 Å². The van der Waals surface area contributed by atoms with Gasteiger partial charge in [-0.25, -0.2) is 4.98 Å². The summed E-state index contributed by atoms with van der Waals surface area (Å²) >= 11 is 6.46. The molecule has 114 valence electrons. The molecule has 3 aromatic rings. The highest BCUT2D eigenvalue weighted by Crippen LogP contribution is 2.34. The van der Waals surface area contributed by atoms with Crippen LogP contribution >= 0.6 is 11.6 Å². The second-order valence-electron chi connectivity index (χ2n) is 5.29. The summed E-state index contributed by atoms with van der Waals surface area (Å²) in [6.45, 7) is 4.14. The fourth-order valence-electron chi connectivity index (χ4n) is 2.70. The van der Waals surface area contributed by atoms with Crippen LogP contribution < -0.4 is 4.74 Å². The molecule has 5 heteroatoms. The lowest BCUT2D eigenvalue weighted by atomic mass is 10.1. The fraction of sp³-hybridized carbons (Fsp3) is 0.294. The summed E-state index contributed by atoms with van der Waals surface area (Å²) in [5.74, 6) is 0.814. The molecule has 22 heavy (non-hydrogen) atoms. The molecule has 0 aliphatic rings. The molecule has 0 amide bonds. The highest BCUT2D eigenvalue weighted by molar-refractivity contribution is 6.35. The van der Waals surface area contributed by atoms with Gasteiger partial charge in [-0.1, -0.05) is 24.9 Å². The fourth-order valence-corrected chi connectivity index (χ4v) is 2.96. The molecule has 0 fully saturated rings. The normalized spacial score (nSPS) is 11.1. The third kappa shape index (κ3) is 2.44. The Bertz CT molecular complexity index is 826. The van der Waals surface area contributed by atoms with Gasteiger partial charge in [0.2, 0.25) is 0 Å². The molecule has 3 rings (SSSR count). The number of rotatable bonds is 4. The third-order valence-electron chi connectivity index (χ3n) is 3.85. The van der Waals surface area contributed by atoms with Gasteiger partial charge < -0.3 is 4.74 Å². The number of benzene rings is 1. The van der Waals surface area contributed by atoms with Crippen molar-refractivity contribution in [1.82, 2.24) is 15.2 Å². The lowest BCUT2D eigenvalue weighted by Gasteiger charge is -2.11. The van der Waals surface area contributed by atoms with Crippen LogP contribution in [-0.2, 0) is 6.42 Å². The van der Waals surface area contributed by atoms with Gasteiger partial charge in [0.15, 0.2) is 0 Å². The number of nitrogens with zero attached hydrogens (tertiary/aromatic N) is 2. The molecule has 2 aromatic heterocycles. The standard InChI is InChI=1S/C17H18ClN3O/c1-4-5-14-12(9-19-21-14)15-8-13(18)11-6-7-16(22-3)10(2)17(11)20-15/h6-9H,4-5H2,1-3H3,(H,19,21). The SMILES string of the molecule is CCCc1[nH]ncc1-c1cc(Cl)c2ccc(OC)c(C)c2n1. The van der Waals surface area contributed by atoms with Gasteiger partial charge in [0.05, 0.1) is 29.5 Å². The molecule has 0 spiro atoms. The van der Waals surface area contributed by atoms with Gasteiger partial charge >= 0.3 is 0 Å². The molecule has 0 radical (unpaired) electrons. The van der Waals surface area contributed by atoms with Crippen LogP contribution in [0.5, 0.6) is 5.75 Å². The van der Waals surface area contributed by atoms with Gasteiger partial charge in [-0.3, -0.25) is 5.10 Å². The van der Waals surface area contributed by atoms with E-state index in [0.717, 1.165) is 52.0 Å². The maximum absolute atomic E-state index is 6.46. The van der Waals surface area contributed by atoms with Gasteiger partial charge in [0, 0.05) is 22.2 Å². The Morgan fingerprint density at radius 2 is 2.14 bits per heavy atom. The van der Waals surface area contributed by atoms with Crippen LogP contribution in [-0.4, -0.2) is 22.3 Å². The summed E-state index contributed by atoms with van der Waals surface area (Å²) in [6.07, 6.45) is 3.79. The zero-order valence-electron chi connectivity index (χ0n) is 12.9. The number of aromatic amines is 1. The number of H-pyrrole nitrogens is 1. The number of aromatic nitrogens is 3. The minimum absolute atomic E-state index is 0.689. The Kier molecular flexibility index (Phi) is 4.03. The average Bonchev–Trinajstić information content (AvgIpc) is 2.97. The number of aryl methyl sites for hydroxylation is 2. The summed E-state index contributed by atoms with van der Waals surface area (Å²) in [4.78, 5) is 4.81. The van der Waals surface area contributed by atoms with Gasteiger partial charge in [-0.05, 0) is 31.5 Å². The van der Waals surface area contributed by atoms with E-state index in [2.05, 4.69) is 17.1 Å². The molecular weight excluding hydrogens is 298 g/mol. The first kappa shape index (κ1) is 14.9. The van der Waals surface area contributed by atoms with Crippen LogP contribution in [0.2, 0.25) is 5.02 Å². The molecule has 0 saturated heterocycles. The summed E-state index contributed by atoms with van der Waals surface area (Å²) in [5, 5.41) is 8.83. The first-order valence-corrected chi connectivity index (χ1v) is 7.70. The Hall–Kier alpha value is -2.07. The zero-order valence-corrected chi connectivity index (χ0v) is 13.7. The summed E-state index contributed by atoms with van der Waals surface area (Å²) < 4.78 is 5.38. The van der Waals surface area contributed by atoms with Crippen molar-refractivity contribution in [1.29, 1.82) is 0 Å². The van der Waals surface area contributed by atoms with Crippen molar-refractivity contribution in [2.45, 2.75) is 26.7 Å².